The lowest BCUT2D eigenvalue weighted by Gasteiger charge is -2.10. The van der Waals surface area contributed by atoms with Crippen molar-refractivity contribution >= 4 is 53.2 Å². The van der Waals surface area contributed by atoms with E-state index in [1.54, 1.807) is 23.5 Å². The minimum absolute atomic E-state index is 0.250. The summed E-state index contributed by atoms with van der Waals surface area (Å²) in [6.07, 6.45) is 0.688. The van der Waals surface area contributed by atoms with Crippen molar-refractivity contribution in [3.05, 3.63) is 49.0 Å². The molecule has 1 heterocycles. The largest absolute Gasteiger partial charge is 0.241 e. The third-order valence-corrected chi connectivity index (χ3v) is 6.79. The molecular weight excluding hydrogens is 426 g/mol. The zero-order chi connectivity index (χ0) is 14.8. The maximum absolute atomic E-state index is 12.3. The van der Waals surface area contributed by atoms with E-state index in [-0.39, 0.29) is 4.90 Å². The van der Waals surface area contributed by atoms with Crippen LogP contribution in [0.2, 0.25) is 0 Å². The topological polar surface area (TPSA) is 46.2 Å². The fourth-order valence-corrected chi connectivity index (χ4v) is 5.09. The second-order valence-corrected chi connectivity index (χ2v) is 8.54. The van der Waals surface area contributed by atoms with E-state index >= 15 is 0 Å². The molecule has 20 heavy (non-hydrogen) atoms. The first-order valence-corrected chi connectivity index (χ1v) is 9.88. The zero-order valence-corrected chi connectivity index (χ0v) is 15.5. The SMILES string of the molecule is Cc1cc(Br)c(S(=O)(=O)NCCc2ccsc2)cc1Br. The van der Waals surface area contributed by atoms with Crippen LogP contribution in [-0.4, -0.2) is 15.0 Å². The number of rotatable bonds is 5. The number of sulfonamides is 1. The Labute approximate surface area is 139 Å². The highest BCUT2D eigenvalue weighted by molar-refractivity contribution is 9.11. The molecule has 108 valence electrons. The third-order valence-electron chi connectivity index (χ3n) is 2.79. The second-order valence-electron chi connectivity index (χ2n) is 4.31. The Morgan fingerprint density at radius 1 is 1.25 bits per heavy atom. The first-order valence-electron chi connectivity index (χ1n) is 5.86. The zero-order valence-electron chi connectivity index (χ0n) is 10.7. The maximum atomic E-state index is 12.3. The summed E-state index contributed by atoms with van der Waals surface area (Å²) in [7, 11) is -3.51. The normalized spacial score (nSPS) is 11.8. The van der Waals surface area contributed by atoms with Gasteiger partial charge >= 0.3 is 0 Å². The van der Waals surface area contributed by atoms with E-state index in [4.69, 9.17) is 0 Å². The Morgan fingerprint density at radius 2 is 2.00 bits per heavy atom. The molecule has 1 aromatic heterocycles. The Hall–Kier alpha value is -0.210. The molecule has 0 spiro atoms. The molecule has 0 atom stereocenters. The Balaban J connectivity index is 2.12. The van der Waals surface area contributed by atoms with Gasteiger partial charge in [-0.2, -0.15) is 11.3 Å². The summed E-state index contributed by atoms with van der Waals surface area (Å²) in [5, 5.41) is 4.00. The molecule has 0 unspecified atom stereocenters. The molecule has 1 N–H and O–H groups in total. The highest BCUT2D eigenvalue weighted by atomic mass is 79.9. The van der Waals surface area contributed by atoms with Gasteiger partial charge in [0.1, 0.15) is 0 Å². The number of aryl methyl sites for hydroxylation is 1. The fourth-order valence-electron chi connectivity index (χ4n) is 1.68. The molecule has 0 saturated heterocycles. The molecule has 0 bridgehead atoms. The molecule has 2 rings (SSSR count). The summed E-state index contributed by atoms with van der Waals surface area (Å²) in [6, 6.07) is 5.40. The van der Waals surface area contributed by atoms with Gasteiger partial charge in [-0.3, -0.25) is 0 Å². The summed E-state index contributed by atoms with van der Waals surface area (Å²) in [4.78, 5) is 0.250. The Morgan fingerprint density at radius 3 is 2.65 bits per heavy atom. The van der Waals surface area contributed by atoms with Gasteiger partial charge in [-0.25, -0.2) is 13.1 Å². The highest BCUT2D eigenvalue weighted by Gasteiger charge is 2.18. The van der Waals surface area contributed by atoms with Crippen LogP contribution in [0.1, 0.15) is 11.1 Å². The number of hydrogen-bond acceptors (Lipinski definition) is 3. The van der Waals surface area contributed by atoms with Crippen LogP contribution in [0.25, 0.3) is 0 Å². The smallest absolute Gasteiger partial charge is 0.211 e. The number of nitrogens with one attached hydrogen (secondary N) is 1. The van der Waals surface area contributed by atoms with Gasteiger partial charge < -0.3 is 0 Å². The van der Waals surface area contributed by atoms with Crippen molar-refractivity contribution in [2.75, 3.05) is 6.54 Å². The quantitative estimate of drug-likeness (QED) is 0.763. The predicted molar refractivity (Wildman–Crippen MR) is 89.8 cm³/mol. The van der Waals surface area contributed by atoms with Crippen LogP contribution >= 0.6 is 43.2 Å². The molecule has 0 fully saturated rings. The third kappa shape index (κ3) is 3.92. The molecule has 2 aromatic rings. The first kappa shape index (κ1) is 16.2. The first-order chi connectivity index (χ1) is 9.40. The van der Waals surface area contributed by atoms with Crippen LogP contribution in [0.4, 0.5) is 0 Å². The van der Waals surface area contributed by atoms with Gasteiger partial charge in [0.05, 0.1) is 4.90 Å². The molecule has 0 amide bonds. The molecule has 0 aliphatic rings. The van der Waals surface area contributed by atoms with Crippen molar-refractivity contribution in [3.63, 3.8) is 0 Å². The molecule has 0 saturated carbocycles. The molecule has 0 aliphatic carbocycles. The van der Waals surface area contributed by atoms with Gasteiger partial charge in [0.2, 0.25) is 10.0 Å². The Kier molecular flexibility index (Phi) is 5.42. The summed E-state index contributed by atoms with van der Waals surface area (Å²) in [5.74, 6) is 0. The number of thiophene rings is 1. The standard InChI is InChI=1S/C13H13Br2NO2S2/c1-9-6-12(15)13(7-11(9)14)20(17,18)16-4-2-10-3-5-19-8-10/h3,5-8,16H,2,4H2,1H3. The van der Waals surface area contributed by atoms with Crippen molar-refractivity contribution < 1.29 is 8.42 Å². The summed E-state index contributed by atoms with van der Waals surface area (Å²) >= 11 is 8.28. The van der Waals surface area contributed by atoms with Crippen molar-refractivity contribution in [3.8, 4) is 0 Å². The van der Waals surface area contributed by atoms with Crippen LogP contribution in [0.5, 0.6) is 0 Å². The molecule has 7 heteroatoms. The Bertz CT molecular complexity index is 697. The van der Waals surface area contributed by atoms with Crippen molar-refractivity contribution in [2.24, 2.45) is 0 Å². The fraction of sp³-hybridized carbons (Fsp3) is 0.231. The summed E-state index contributed by atoms with van der Waals surface area (Å²) in [5.41, 5.74) is 2.12. The van der Waals surface area contributed by atoms with E-state index < -0.39 is 10.0 Å². The lowest BCUT2D eigenvalue weighted by Crippen LogP contribution is -2.26. The van der Waals surface area contributed by atoms with Crippen LogP contribution in [0.15, 0.2) is 42.8 Å². The van der Waals surface area contributed by atoms with E-state index in [2.05, 4.69) is 36.6 Å². The van der Waals surface area contributed by atoms with Gasteiger partial charge in [0.25, 0.3) is 0 Å². The van der Waals surface area contributed by atoms with Crippen LogP contribution in [0.3, 0.4) is 0 Å². The van der Waals surface area contributed by atoms with E-state index in [0.717, 1.165) is 15.6 Å². The summed E-state index contributed by atoms with van der Waals surface area (Å²) < 4.78 is 28.5. The number of benzene rings is 1. The molecular formula is C13H13Br2NO2S2. The van der Waals surface area contributed by atoms with E-state index in [9.17, 15) is 8.42 Å². The monoisotopic (exact) mass is 437 g/mol. The molecule has 0 aliphatic heterocycles. The van der Waals surface area contributed by atoms with Gasteiger partial charge in [-0.15, -0.1) is 0 Å². The maximum Gasteiger partial charge on any atom is 0.241 e. The lowest BCUT2D eigenvalue weighted by atomic mass is 10.2. The average molecular weight is 439 g/mol. The van der Waals surface area contributed by atoms with Crippen LogP contribution in [0, 0.1) is 6.92 Å². The number of hydrogen-bond donors (Lipinski definition) is 1. The average Bonchev–Trinajstić information content (AvgIpc) is 2.86. The van der Waals surface area contributed by atoms with Crippen molar-refractivity contribution in [1.29, 1.82) is 0 Å². The summed E-state index contributed by atoms with van der Waals surface area (Å²) in [6.45, 7) is 2.30. The molecule has 3 nitrogen and oxygen atoms in total. The van der Waals surface area contributed by atoms with Crippen LogP contribution < -0.4 is 4.72 Å². The second kappa shape index (κ2) is 6.70. The van der Waals surface area contributed by atoms with E-state index in [1.807, 2.05) is 23.8 Å². The van der Waals surface area contributed by atoms with E-state index in [1.165, 1.54) is 0 Å². The van der Waals surface area contributed by atoms with Crippen molar-refractivity contribution in [1.82, 2.24) is 4.72 Å². The van der Waals surface area contributed by atoms with Gasteiger partial charge in [0.15, 0.2) is 0 Å². The predicted octanol–water partition coefficient (Wildman–Crippen LogP) is 4.10. The van der Waals surface area contributed by atoms with Gasteiger partial charge in [-0.05, 0) is 69.4 Å². The highest BCUT2D eigenvalue weighted by Crippen LogP contribution is 2.28. The molecule has 1 aromatic carbocycles. The number of halogens is 2. The minimum atomic E-state index is -3.51. The van der Waals surface area contributed by atoms with E-state index in [0.29, 0.717) is 17.4 Å². The minimum Gasteiger partial charge on any atom is -0.211 e. The van der Waals surface area contributed by atoms with Crippen molar-refractivity contribution in [2.45, 2.75) is 18.2 Å². The van der Waals surface area contributed by atoms with Gasteiger partial charge in [0, 0.05) is 15.5 Å². The van der Waals surface area contributed by atoms with Gasteiger partial charge in [-0.1, -0.05) is 15.9 Å². The van der Waals surface area contributed by atoms with Crippen LogP contribution in [-0.2, 0) is 16.4 Å². The molecule has 0 radical (unpaired) electrons. The lowest BCUT2D eigenvalue weighted by molar-refractivity contribution is 0.581.